The fourth-order valence-electron chi connectivity index (χ4n) is 3.86. The Labute approximate surface area is 144 Å². The summed E-state index contributed by atoms with van der Waals surface area (Å²) in [4.78, 5) is 12.5. The van der Waals surface area contributed by atoms with Gasteiger partial charge in [-0.3, -0.25) is 5.32 Å². The van der Waals surface area contributed by atoms with E-state index in [-0.39, 0.29) is 12.2 Å². The maximum atomic E-state index is 12.5. The molecule has 0 saturated heterocycles. The smallest absolute Gasteiger partial charge is 0.411 e. The topological polar surface area (TPSA) is 38.3 Å². The summed E-state index contributed by atoms with van der Waals surface area (Å²) >= 11 is 0. The lowest BCUT2D eigenvalue weighted by atomic mass is 9.75. The van der Waals surface area contributed by atoms with Crippen molar-refractivity contribution in [3.63, 3.8) is 0 Å². The van der Waals surface area contributed by atoms with Crippen LogP contribution in [0.1, 0.15) is 40.0 Å². The summed E-state index contributed by atoms with van der Waals surface area (Å²) in [6.07, 6.45) is 3.02. The van der Waals surface area contributed by atoms with Crippen LogP contribution in [0.25, 0.3) is 10.8 Å². The van der Waals surface area contributed by atoms with Gasteiger partial charge in [-0.15, -0.1) is 0 Å². The van der Waals surface area contributed by atoms with Crippen LogP contribution in [0.5, 0.6) is 0 Å². The molecule has 1 amide bonds. The van der Waals surface area contributed by atoms with E-state index in [0.717, 1.165) is 29.3 Å². The summed E-state index contributed by atoms with van der Waals surface area (Å²) in [6.45, 7) is 6.69. The lowest BCUT2D eigenvalue weighted by Crippen LogP contribution is -2.36. The first kappa shape index (κ1) is 16.8. The minimum Gasteiger partial charge on any atom is -0.446 e. The molecule has 0 unspecified atom stereocenters. The van der Waals surface area contributed by atoms with Gasteiger partial charge < -0.3 is 4.74 Å². The van der Waals surface area contributed by atoms with E-state index in [2.05, 4.69) is 26.1 Å². The van der Waals surface area contributed by atoms with Crippen molar-refractivity contribution >= 4 is 22.6 Å². The zero-order valence-corrected chi connectivity index (χ0v) is 14.8. The second-order valence-electron chi connectivity index (χ2n) is 7.42. The third kappa shape index (κ3) is 3.72. The molecule has 1 aliphatic carbocycles. The van der Waals surface area contributed by atoms with Crippen molar-refractivity contribution in [2.75, 3.05) is 5.32 Å². The van der Waals surface area contributed by atoms with Crippen LogP contribution in [-0.2, 0) is 4.74 Å². The Kier molecular flexibility index (Phi) is 5.08. The van der Waals surface area contributed by atoms with Crippen LogP contribution >= 0.6 is 0 Å². The first-order valence-electron chi connectivity index (χ1n) is 9.00. The van der Waals surface area contributed by atoms with Gasteiger partial charge in [0.15, 0.2) is 0 Å². The predicted molar refractivity (Wildman–Crippen MR) is 99.2 cm³/mol. The molecule has 3 heteroatoms. The number of ether oxygens (including phenoxy) is 1. The lowest BCUT2D eigenvalue weighted by molar-refractivity contribution is 0.0126. The number of fused-ring (bicyclic) bond motifs is 1. The number of carbonyl (C=O) groups excluding carboxylic acids is 1. The fraction of sp³-hybridized carbons (Fsp3) is 0.476. The molecule has 24 heavy (non-hydrogen) atoms. The van der Waals surface area contributed by atoms with Crippen LogP contribution in [0, 0.1) is 17.8 Å². The molecule has 0 radical (unpaired) electrons. The lowest BCUT2D eigenvalue weighted by Gasteiger charge is -2.36. The molecule has 1 aliphatic rings. The van der Waals surface area contributed by atoms with E-state index < -0.39 is 0 Å². The highest BCUT2D eigenvalue weighted by atomic mass is 16.6. The van der Waals surface area contributed by atoms with Gasteiger partial charge in [0.05, 0.1) is 5.69 Å². The molecule has 3 rings (SSSR count). The minimum absolute atomic E-state index is 0.0173. The van der Waals surface area contributed by atoms with E-state index in [1.165, 1.54) is 6.42 Å². The highest BCUT2D eigenvalue weighted by Gasteiger charge is 2.33. The quantitative estimate of drug-likeness (QED) is 0.768. The molecular weight excluding hydrogens is 298 g/mol. The van der Waals surface area contributed by atoms with Gasteiger partial charge >= 0.3 is 6.09 Å². The van der Waals surface area contributed by atoms with Crippen LogP contribution in [0.15, 0.2) is 42.5 Å². The largest absolute Gasteiger partial charge is 0.446 e. The Morgan fingerprint density at radius 2 is 1.88 bits per heavy atom. The molecule has 0 heterocycles. The summed E-state index contributed by atoms with van der Waals surface area (Å²) in [5, 5.41) is 5.09. The Hall–Kier alpha value is -2.03. The van der Waals surface area contributed by atoms with E-state index in [0.29, 0.717) is 17.8 Å². The molecule has 0 aromatic heterocycles. The van der Waals surface area contributed by atoms with Gasteiger partial charge in [0, 0.05) is 5.39 Å². The second-order valence-corrected chi connectivity index (χ2v) is 7.42. The van der Waals surface area contributed by atoms with Crippen molar-refractivity contribution in [1.82, 2.24) is 0 Å². The van der Waals surface area contributed by atoms with Gasteiger partial charge in [0.2, 0.25) is 0 Å². The van der Waals surface area contributed by atoms with Gasteiger partial charge in [-0.2, -0.15) is 0 Å². The maximum absolute atomic E-state index is 12.5. The summed E-state index contributed by atoms with van der Waals surface area (Å²) in [6, 6.07) is 14.0. The second kappa shape index (κ2) is 7.25. The fourth-order valence-corrected chi connectivity index (χ4v) is 3.86. The summed E-state index contributed by atoms with van der Waals surface area (Å²) < 4.78 is 5.84. The number of benzene rings is 2. The first-order valence-corrected chi connectivity index (χ1v) is 9.00. The molecule has 0 aliphatic heterocycles. The molecule has 0 spiro atoms. The van der Waals surface area contributed by atoms with E-state index in [4.69, 9.17) is 4.74 Å². The summed E-state index contributed by atoms with van der Waals surface area (Å²) in [7, 11) is 0. The predicted octanol–water partition coefficient (Wildman–Crippen LogP) is 5.85. The van der Waals surface area contributed by atoms with Crippen molar-refractivity contribution in [1.29, 1.82) is 0 Å². The van der Waals surface area contributed by atoms with Crippen molar-refractivity contribution in [3.8, 4) is 0 Å². The maximum Gasteiger partial charge on any atom is 0.411 e. The molecule has 1 fully saturated rings. The van der Waals surface area contributed by atoms with E-state index >= 15 is 0 Å². The van der Waals surface area contributed by atoms with Crippen molar-refractivity contribution < 1.29 is 9.53 Å². The average Bonchev–Trinajstić information content (AvgIpc) is 2.55. The molecule has 128 valence electrons. The Bertz CT molecular complexity index is 705. The van der Waals surface area contributed by atoms with Gasteiger partial charge in [0.25, 0.3) is 0 Å². The van der Waals surface area contributed by atoms with Crippen LogP contribution < -0.4 is 5.32 Å². The molecule has 2 aromatic rings. The Balaban J connectivity index is 1.72. The zero-order valence-electron chi connectivity index (χ0n) is 14.8. The monoisotopic (exact) mass is 325 g/mol. The SMILES string of the molecule is CC(C)[C@@H]1CC[C@H](C)C[C@H]1OC(=O)Nc1cccc2ccccc12. The Morgan fingerprint density at radius 1 is 1.12 bits per heavy atom. The van der Waals surface area contributed by atoms with Gasteiger partial charge in [-0.05, 0) is 42.0 Å². The first-order chi connectivity index (χ1) is 11.5. The third-order valence-corrected chi connectivity index (χ3v) is 5.25. The number of rotatable bonds is 3. The number of carbonyl (C=O) groups is 1. The number of amides is 1. The van der Waals surface area contributed by atoms with Crippen LogP contribution in [0.4, 0.5) is 10.5 Å². The van der Waals surface area contributed by atoms with Crippen LogP contribution in [0.3, 0.4) is 0 Å². The highest BCUT2D eigenvalue weighted by molar-refractivity contribution is 6.00. The van der Waals surface area contributed by atoms with Crippen LogP contribution in [-0.4, -0.2) is 12.2 Å². The molecule has 3 atom stereocenters. The third-order valence-electron chi connectivity index (χ3n) is 5.25. The summed E-state index contributed by atoms with van der Waals surface area (Å²) in [5.41, 5.74) is 0.808. The van der Waals surface area contributed by atoms with E-state index in [1.54, 1.807) is 0 Å². The molecular formula is C21H27NO2. The van der Waals surface area contributed by atoms with Crippen molar-refractivity contribution in [3.05, 3.63) is 42.5 Å². The zero-order chi connectivity index (χ0) is 17.1. The summed E-state index contributed by atoms with van der Waals surface area (Å²) in [5.74, 6) is 1.61. The molecule has 1 saturated carbocycles. The molecule has 1 N–H and O–H groups in total. The molecule has 0 bridgehead atoms. The van der Waals surface area contributed by atoms with Gasteiger partial charge in [-0.1, -0.05) is 63.6 Å². The van der Waals surface area contributed by atoms with Crippen molar-refractivity contribution in [2.45, 2.75) is 46.1 Å². The number of hydrogen-bond acceptors (Lipinski definition) is 2. The number of nitrogens with one attached hydrogen (secondary N) is 1. The normalized spacial score (nSPS) is 24.1. The van der Waals surface area contributed by atoms with Crippen LogP contribution in [0.2, 0.25) is 0 Å². The molecule has 3 nitrogen and oxygen atoms in total. The van der Waals surface area contributed by atoms with Crippen molar-refractivity contribution in [2.24, 2.45) is 17.8 Å². The van der Waals surface area contributed by atoms with Gasteiger partial charge in [0.1, 0.15) is 6.10 Å². The standard InChI is InChI=1S/C21H27NO2/c1-14(2)17-12-11-15(3)13-20(17)24-21(23)22-19-10-6-8-16-7-4-5-9-18(16)19/h4-10,14-15,17,20H,11-13H2,1-3H3,(H,22,23)/t15-,17-,20+/m0/s1. The minimum atomic E-state index is -0.337. The highest BCUT2D eigenvalue weighted by Crippen LogP contribution is 2.35. The number of hydrogen-bond donors (Lipinski definition) is 1. The Morgan fingerprint density at radius 3 is 2.67 bits per heavy atom. The number of anilines is 1. The average molecular weight is 325 g/mol. The van der Waals surface area contributed by atoms with E-state index in [1.807, 2.05) is 42.5 Å². The van der Waals surface area contributed by atoms with Gasteiger partial charge in [-0.25, -0.2) is 4.79 Å². The molecule has 2 aromatic carbocycles. The van der Waals surface area contributed by atoms with E-state index in [9.17, 15) is 4.79 Å².